The topological polar surface area (TPSA) is 70.9 Å². The molecule has 0 unspecified atom stereocenters. The third kappa shape index (κ3) is 2.62. The average Bonchev–Trinajstić information content (AvgIpc) is 2.72. The molecule has 4 N–H and O–H groups in total. The van der Waals surface area contributed by atoms with Gasteiger partial charge in [-0.15, -0.1) is 0 Å². The van der Waals surface area contributed by atoms with Crippen molar-refractivity contribution in [2.75, 3.05) is 11.1 Å². The van der Waals surface area contributed by atoms with Crippen molar-refractivity contribution >= 4 is 44.8 Å². The summed E-state index contributed by atoms with van der Waals surface area (Å²) in [6, 6.07) is 6.80. The van der Waals surface area contributed by atoms with Crippen LogP contribution in [0.5, 0.6) is 0 Å². The number of nitrogens with one attached hydrogen (secondary N) is 2. The van der Waals surface area contributed by atoms with E-state index in [1.54, 1.807) is 30.5 Å². The van der Waals surface area contributed by atoms with Gasteiger partial charge in [-0.25, -0.2) is 0 Å². The van der Waals surface area contributed by atoms with Crippen molar-refractivity contribution in [2.45, 2.75) is 0 Å². The number of rotatable bonds is 2. The third-order valence-corrected chi connectivity index (χ3v) is 3.55. The van der Waals surface area contributed by atoms with Gasteiger partial charge in [0.05, 0.1) is 15.2 Å². The molecule has 0 fully saturated rings. The van der Waals surface area contributed by atoms with Crippen molar-refractivity contribution in [3.05, 3.63) is 45.7 Å². The number of aromatic amines is 1. The zero-order chi connectivity index (χ0) is 12.4. The molecule has 1 heterocycles. The second kappa shape index (κ2) is 4.81. The van der Waals surface area contributed by atoms with Crippen LogP contribution in [-0.2, 0) is 0 Å². The van der Waals surface area contributed by atoms with Gasteiger partial charge in [-0.05, 0) is 34.1 Å². The second-order valence-corrected chi connectivity index (χ2v) is 4.60. The Kier molecular flexibility index (Phi) is 3.40. The van der Waals surface area contributed by atoms with Crippen LogP contribution in [-0.4, -0.2) is 10.9 Å². The lowest BCUT2D eigenvalue weighted by Gasteiger charge is -2.07. The van der Waals surface area contributed by atoms with Gasteiger partial charge in [0.1, 0.15) is 5.69 Å². The van der Waals surface area contributed by atoms with E-state index in [0.717, 1.165) is 0 Å². The summed E-state index contributed by atoms with van der Waals surface area (Å²) < 4.78 is 0.648. The first-order chi connectivity index (χ1) is 8.08. The fraction of sp³-hybridized carbons (Fsp3) is 0. The molecule has 0 spiro atoms. The van der Waals surface area contributed by atoms with E-state index >= 15 is 0 Å². The molecule has 6 heteroatoms. The number of carbonyl (C=O) groups excluding carboxylic acids is 1. The number of amides is 1. The average molecular weight is 315 g/mol. The Morgan fingerprint density at radius 1 is 1.47 bits per heavy atom. The smallest absolute Gasteiger partial charge is 0.272 e. The maximum atomic E-state index is 11.8. The third-order valence-electron chi connectivity index (χ3n) is 2.15. The van der Waals surface area contributed by atoms with Crippen LogP contribution in [0.1, 0.15) is 10.5 Å². The van der Waals surface area contributed by atoms with E-state index in [2.05, 4.69) is 26.2 Å². The number of halogens is 2. The van der Waals surface area contributed by atoms with Crippen LogP contribution in [0.2, 0.25) is 5.02 Å². The lowest BCUT2D eigenvalue weighted by molar-refractivity contribution is 0.102. The van der Waals surface area contributed by atoms with Crippen LogP contribution in [0, 0.1) is 0 Å². The van der Waals surface area contributed by atoms with E-state index in [0.29, 0.717) is 26.6 Å². The van der Waals surface area contributed by atoms with E-state index in [-0.39, 0.29) is 5.91 Å². The van der Waals surface area contributed by atoms with Crippen molar-refractivity contribution in [1.29, 1.82) is 0 Å². The van der Waals surface area contributed by atoms with Crippen molar-refractivity contribution in [3.8, 4) is 0 Å². The van der Waals surface area contributed by atoms with Crippen molar-refractivity contribution in [2.24, 2.45) is 0 Å². The minimum atomic E-state index is -0.273. The fourth-order valence-electron chi connectivity index (χ4n) is 1.33. The summed E-state index contributed by atoms with van der Waals surface area (Å²) in [7, 11) is 0. The summed E-state index contributed by atoms with van der Waals surface area (Å²) in [4.78, 5) is 14.6. The van der Waals surface area contributed by atoms with Crippen molar-refractivity contribution < 1.29 is 4.79 Å². The maximum absolute atomic E-state index is 11.8. The molecule has 0 saturated heterocycles. The number of aromatic nitrogens is 1. The molecule has 88 valence electrons. The number of hydrogen-bond donors (Lipinski definition) is 3. The highest BCUT2D eigenvalue weighted by molar-refractivity contribution is 9.10. The van der Waals surface area contributed by atoms with Crippen LogP contribution in [0.3, 0.4) is 0 Å². The van der Waals surface area contributed by atoms with Crippen LogP contribution >= 0.6 is 27.5 Å². The van der Waals surface area contributed by atoms with Gasteiger partial charge < -0.3 is 16.0 Å². The monoisotopic (exact) mass is 313 g/mol. The second-order valence-electron chi connectivity index (χ2n) is 3.40. The van der Waals surface area contributed by atoms with Gasteiger partial charge in [-0.1, -0.05) is 17.7 Å². The van der Waals surface area contributed by atoms with E-state index in [9.17, 15) is 4.79 Å². The molecular formula is C11H9BrClN3O. The molecule has 4 nitrogen and oxygen atoms in total. The van der Waals surface area contributed by atoms with E-state index in [1.807, 2.05) is 0 Å². The van der Waals surface area contributed by atoms with Gasteiger partial charge in [0.25, 0.3) is 5.91 Å². The molecule has 1 aromatic carbocycles. The predicted octanol–water partition coefficient (Wildman–Crippen LogP) is 3.27. The molecule has 2 rings (SSSR count). The molecule has 0 radical (unpaired) electrons. The Labute approximate surface area is 111 Å². The Bertz CT molecular complexity index is 568. The minimum absolute atomic E-state index is 0.273. The van der Waals surface area contributed by atoms with Gasteiger partial charge in [0.15, 0.2) is 0 Å². The molecule has 17 heavy (non-hydrogen) atoms. The quantitative estimate of drug-likeness (QED) is 0.796. The van der Waals surface area contributed by atoms with E-state index in [4.69, 9.17) is 17.3 Å². The van der Waals surface area contributed by atoms with E-state index < -0.39 is 0 Å². The standard InChI is InChI=1S/C11H9BrClN3O/c12-10-7(13)2-1-3-8(10)16-11(17)9-4-6(14)5-15-9/h1-5,15H,14H2,(H,16,17). The Balaban J connectivity index is 2.21. The molecular weight excluding hydrogens is 305 g/mol. The lowest BCUT2D eigenvalue weighted by atomic mass is 10.3. The van der Waals surface area contributed by atoms with Gasteiger partial charge in [-0.3, -0.25) is 4.79 Å². The molecule has 0 bridgehead atoms. The molecule has 2 aromatic rings. The van der Waals surface area contributed by atoms with Gasteiger partial charge in [0, 0.05) is 11.9 Å². The molecule has 0 saturated carbocycles. The van der Waals surface area contributed by atoms with Crippen LogP contribution < -0.4 is 11.1 Å². The highest BCUT2D eigenvalue weighted by Crippen LogP contribution is 2.30. The first-order valence-electron chi connectivity index (χ1n) is 4.77. The maximum Gasteiger partial charge on any atom is 0.272 e. The summed E-state index contributed by atoms with van der Waals surface area (Å²) in [6.45, 7) is 0. The molecule has 0 aliphatic carbocycles. The Morgan fingerprint density at radius 3 is 2.88 bits per heavy atom. The van der Waals surface area contributed by atoms with Crippen molar-refractivity contribution in [3.63, 3.8) is 0 Å². The largest absolute Gasteiger partial charge is 0.397 e. The lowest BCUT2D eigenvalue weighted by Crippen LogP contribution is -2.12. The molecule has 0 aliphatic rings. The normalized spacial score (nSPS) is 10.2. The van der Waals surface area contributed by atoms with Crippen LogP contribution in [0.25, 0.3) is 0 Å². The van der Waals surface area contributed by atoms with Crippen LogP contribution in [0.4, 0.5) is 11.4 Å². The van der Waals surface area contributed by atoms with Gasteiger partial charge in [0.2, 0.25) is 0 Å². The van der Waals surface area contributed by atoms with Gasteiger partial charge >= 0.3 is 0 Å². The number of nitrogen functional groups attached to an aromatic ring is 1. The molecule has 0 aliphatic heterocycles. The number of H-pyrrole nitrogens is 1. The first-order valence-corrected chi connectivity index (χ1v) is 5.94. The minimum Gasteiger partial charge on any atom is -0.397 e. The summed E-state index contributed by atoms with van der Waals surface area (Å²) in [5, 5.41) is 3.26. The highest BCUT2D eigenvalue weighted by Gasteiger charge is 2.11. The Hall–Kier alpha value is -1.46. The summed E-state index contributed by atoms with van der Waals surface area (Å²) in [5.41, 5.74) is 7.04. The summed E-state index contributed by atoms with van der Waals surface area (Å²) in [6.07, 6.45) is 1.56. The predicted molar refractivity (Wildman–Crippen MR) is 72.3 cm³/mol. The van der Waals surface area contributed by atoms with Crippen molar-refractivity contribution in [1.82, 2.24) is 4.98 Å². The zero-order valence-corrected chi connectivity index (χ0v) is 11.0. The fourth-order valence-corrected chi connectivity index (χ4v) is 1.87. The highest BCUT2D eigenvalue weighted by atomic mass is 79.9. The van der Waals surface area contributed by atoms with Crippen LogP contribution in [0.15, 0.2) is 34.9 Å². The SMILES string of the molecule is Nc1c[nH]c(C(=O)Nc2cccc(Cl)c2Br)c1. The number of anilines is 2. The number of hydrogen-bond acceptors (Lipinski definition) is 2. The molecule has 1 aromatic heterocycles. The molecule has 0 atom stereocenters. The first kappa shape index (κ1) is 12.0. The summed E-state index contributed by atoms with van der Waals surface area (Å²) in [5.74, 6) is -0.273. The van der Waals surface area contributed by atoms with Gasteiger partial charge in [-0.2, -0.15) is 0 Å². The number of carbonyl (C=O) groups is 1. The Morgan fingerprint density at radius 2 is 2.24 bits per heavy atom. The van der Waals surface area contributed by atoms with E-state index in [1.165, 1.54) is 0 Å². The number of nitrogens with two attached hydrogens (primary N) is 1. The molecule has 1 amide bonds. The summed E-state index contributed by atoms with van der Waals surface area (Å²) >= 11 is 9.23. The number of benzene rings is 1. The zero-order valence-electron chi connectivity index (χ0n) is 8.63.